The Labute approximate surface area is 165 Å². The van der Waals surface area contributed by atoms with Gasteiger partial charge in [-0.2, -0.15) is 0 Å². The molecular weight excluding hydrogens is 360 g/mol. The number of benzene rings is 1. The molecule has 0 bridgehead atoms. The molecule has 0 radical (unpaired) electrons. The molecule has 8 heteroatoms. The molecule has 1 amide bonds. The van der Waals surface area contributed by atoms with Crippen LogP contribution in [0.25, 0.3) is 0 Å². The summed E-state index contributed by atoms with van der Waals surface area (Å²) < 4.78 is 16.4. The number of rotatable bonds is 9. The molecule has 152 valence electrons. The molecule has 0 aliphatic carbocycles. The molecule has 1 aliphatic rings. The fourth-order valence-corrected chi connectivity index (χ4v) is 2.84. The number of carbonyl (C=O) groups excluding carboxylic acids is 1. The van der Waals surface area contributed by atoms with Gasteiger partial charge < -0.3 is 24.1 Å². The number of carbonyl (C=O) groups is 1. The number of fused-ring (bicyclic) bond motifs is 1. The lowest BCUT2D eigenvalue weighted by molar-refractivity contribution is 0.0946. The van der Waals surface area contributed by atoms with Crippen molar-refractivity contribution in [2.45, 2.75) is 33.0 Å². The van der Waals surface area contributed by atoms with E-state index in [4.69, 9.17) is 13.9 Å². The zero-order valence-electron chi connectivity index (χ0n) is 16.9. The molecule has 0 fully saturated rings. The average molecular weight is 388 g/mol. The lowest BCUT2D eigenvalue weighted by Gasteiger charge is -2.25. The number of hydrogen-bond donors (Lipinski definition) is 1. The van der Waals surface area contributed by atoms with Crippen molar-refractivity contribution >= 4 is 5.91 Å². The first-order chi connectivity index (χ1) is 13.4. The minimum absolute atomic E-state index is 0.219. The van der Waals surface area contributed by atoms with E-state index in [1.54, 1.807) is 0 Å². The van der Waals surface area contributed by atoms with Crippen LogP contribution < -0.4 is 14.8 Å². The lowest BCUT2D eigenvalue weighted by Crippen LogP contribution is -2.32. The van der Waals surface area contributed by atoms with Gasteiger partial charge in [0.05, 0.1) is 6.54 Å². The fraction of sp³-hybridized carbons (Fsp3) is 0.500. The summed E-state index contributed by atoms with van der Waals surface area (Å²) in [4.78, 5) is 20.7. The summed E-state index contributed by atoms with van der Waals surface area (Å²) in [6, 6.07) is 6.23. The summed E-state index contributed by atoms with van der Waals surface area (Å²) in [5, 5.41) is 2.84. The van der Waals surface area contributed by atoms with Crippen LogP contribution in [0.15, 0.2) is 28.9 Å². The first kappa shape index (κ1) is 20.2. The van der Waals surface area contributed by atoms with Gasteiger partial charge in [-0.05, 0) is 45.6 Å². The Kier molecular flexibility index (Phi) is 6.53. The topological polar surface area (TPSA) is 80.1 Å². The first-order valence-electron chi connectivity index (χ1n) is 9.42. The second kappa shape index (κ2) is 9.07. The van der Waals surface area contributed by atoms with Gasteiger partial charge in [0, 0.05) is 25.7 Å². The summed E-state index contributed by atoms with van der Waals surface area (Å²) in [5.41, 5.74) is 1.42. The Bertz CT molecular complexity index is 803. The van der Waals surface area contributed by atoms with E-state index in [2.05, 4.69) is 29.0 Å². The van der Waals surface area contributed by atoms with Crippen LogP contribution in [-0.4, -0.2) is 60.7 Å². The highest BCUT2D eigenvalue weighted by Gasteiger charge is 2.19. The SMILES string of the molecule is CC(C)N(Cc1ccc2c(c1)OCO2)Cc1nc(C(=O)NCCN(C)C)co1. The molecule has 1 aromatic carbocycles. The standard InChI is InChI=1S/C20H28N4O4/c1-14(2)24(10-15-5-6-17-18(9-15)28-13-27-17)11-19-22-16(12-26-19)20(25)21-7-8-23(3)4/h5-6,9,12,14H,7-8,10-11,13H2,1-4H3,(H,21,25). The molecule has 1 aliphatic heterocycles. The molecule has 0 saturated carbocycles. The largest absolute Gasteiger partial charge is 0.454 e. The number of likely N-dealkylation sites (N-methyl/N-ethyl adjacent to an activating group) is 1. The molecule has 0 atom stereocenters. The van der Waals surface area contributed by atoms with Gasteiger partial charge in [-0.1, -0.05) is 6.07 Å². The predicted molar refractivity (Wildman–Crippen MR) is 104 cm³/mol. The smallest absolute Gasteiger partial charge is 0.273 e. The Morgan fingerprint density at radius 1 is 1.21 bits per heavy atom. The zero-order chi connectivity index (χ0) is 20.1. The van der Waals surface area contributed by atoms with Gasteiger partial charge in [0.25, 0.3) is 5.91 Å². The van der Waals surface area contributed by atoms with E-state index < -0.39 is 0 Å². The van der Waals surface area contributed by atoms with Gasteiger partial charge in [0.1, 0.15) is 6.26 Å². The number of aromatic nitrogens is 1. The number of amides is 1. The van der Waals surface area contributed by atoms with Gasteiger partial charge >= 0.3 is 0 Å². The van der Waals surface area contributed by atoms with E-state index in [9.17, 15) is 4.79 Å². The molecule has 0 saturated heterocycles. The molecule has 2 aromatic rings. The first-order valence-corrected chi connectivity index (χ1v) is 9.42. The van der Waals surface area contributed by atoms with Gasteiger partial charge in [-0.25, -0.2) is 4.98 Å². The van der Waals surface area contributed by atoms with Crippen LogP contribution in [-0.2, 0) is 13.1 Å². The van der Waals surface area contributed by atoms with Crippen molar-refractivity contribution in [3.63, 3.8) is 0 Å². The number of nitrogens with one attached hydrogen (secondary N) is 1. The van der Waals surface area contributed by atoms with Gasteiger partial charge in [0.2, 0.25) is 12.7 Å². The Hall–Kier alpha value is -2.58. The second-order valence-corrected chi connectivity index (χ2v) is 7.37. The predicted octanol–water partition coefficient (Wildman–Crippen LogP) is 2.11. The maximum Gasteiger partial charge on any atom is 0.273 e. The van der Waals surface area contributed by atoms with Crippen LogP contribution in [0.2, 0.25) is 0 Å². The number of oxazole rings is 1. The van der Waals surface area contributed by atoms with Crippen molar-refractivity contribution in [3.8, 4) is 11.5 Å². The van der Waals surface area contributed by atoms with Gasteiger partial charge in [-0.15, -0.1) is 0 Å². The van der Waals surface area contributed by atoms with Crippen molar-refractivity contribution in [2.24, 2.45) is 0 Å². The maximum absolute atomic E-state index is 12.2. The van der Waals surface area contributed by atoms with E-state index in [1.807, 2.05) is 37.2 Å². The van der Waals surface area contributed by atoms with Crippen molar-refractivity contribution in [1.82, 2.24) is 20.1 Å². The molecular formula is C20H28N4O4. The average Bonchev–Trinajstić information content (AvgIpc) is 3.29. The molecule has 1 aromatic heterocycles. The van der Waals surface area contributed by atoms with E-state index in [0.29, 0.717) is 31.2 Å². The molecule has 8 nitrogen and oxygen atoms in total. The second-order valence-electron chi connectivity index (χ2n) is 7.37. The van der Waals surface area contributed by atoms with Crippen LogP contribution in [0, 0.1) is 0 Å². The quantitative estimate of drug-likeness (QED) is 0.705. The number of ether oxygens (including phenoxy) is 2. The van der Waals surface area contributed by atoms with Crippen LogP contribution in [0.5, 0.6) is 11.5 Å². The number of hydrogen-bond acceptors (Lipinski definition) is 7. The maximum atomic E-state index is 12.2. The lowest BCUT2D eigenvalue weighted by atomic mass is 10.1. The molecule has 3 rings (SSSR count). The Balaban J connectivity index is 1.60. The van der Waals surface area contributed by atoms with Crippen molar-refractivity contribution in [1.29, 1.82) is 0 Å². The molecule has 0 spiro atoms. The third-order valence-electron chi connectivity index (χ3n) is 4.52. The fourth-order valence-electron chi connectivity index (χ4n) is 2.84. The highest BCUT2D eigenvalue weighted by Crippen LogP contribution is 2.33. The third-order valence-corrected chi connectivity index (χ3v) is 4.52. The summed E-state index contributed by atoms with van der Waals surface area (Å²) in [6.45, 7) is 7.06. The normalized spacial score (nSPS) is 13.0. The van der Waals surface area contributed by atoms with Crippen LogP contribution in [0.1, 0.15) is 35.8 Å². The minimum atomic E-state index is -0.219. The van der Waals surface area contributed by atoms with Crippen molar-refractivity contribution in [2.75, 3.05) is 34.0 Å². The van der Waals surface area contributed by atoms with E-state index in [-0.39, 0.29) is 18.7 Å². The summed E-state index contributed by atoms with van der Waals surface area (Å²) in [7, 11) is 3.92. The molecule has 2 heterocycles. The monoisotopic (exact) mass is 388 g/mol. The van der Waals surface area contributed by atoms with Gasteiger partial charge in [0.15, 0.2) is 17.2 Å². The highest BCUT2D eigenvalue weighted by molar-refractivity contribution is 5.91. The van der Waals surface area contributed by atoms with Crippen LogP contribution in [0.3, 0.4) is 0 Å². The molecule has 28 heavy (non-hydrogen) atoms. The number of nitrogens with zero attached hydrogens (tertiary/aromatic N) is 3. The highest BCUT2D eigenvalue weighted by atomic mass is 16.7. The summed E-state index contributed by atoms with van der Waals surface area (Å²) in [5.74, 6) is 1.85. The third kappa shape index (κ3) is 5.24. The van der Waals surface area contributed by atoms with E-state index >= 15 is 0 Å². The summed E-state index contributed by atoms with van der Waals surface area (Å²) >= 11 is 0. The van der Waals surface area contributed by atoms with Crippen LogP contribution in [0.4, 0.5) is 0 Å². The van der Waals surface area contributed by atoms with Crippen molar-refractivity contribution in [3.05, 3.63) is 41.6 Å². The Morgan fingerprint density at radius 2 is 2.00 bits per heavy atom. The minimum Gasteiger partial charge on any atom is -0.454 e. The summed E-state index contributed by atoms with van der Waals surface area (Å²) in [6.07, 6.45) is 1.42. The Morgan fingerprint density at radius 3 is 2.75 bits per heavy atom. The molecule has 0 unspecified atom stereocenters. The van der Waals surface area contributed by atoms with Crippen molar-refractivity contribution < 1.29 is 18.7 Å². The van der Waals surface area contributed by atoms with E-state index in [0.717, 1.165) is 23.6 Å². The van der Waals surface area contributed by atoms with E-state index in [1.165, 1.54) is 6.26 Å². The van der Waals surface area contributed by atoms with Gasteiger partial charge in [-0.3, -0.25) is 9.69 Å². The zero-order valence-corrected chi connectivity index (χ0v) is 16.9. The molecule has 1 N–H and O–H groups in total. The van der Waals surface area contributed by atoms with Crippen LogP contribution >= 0.6 is 0 Å².